The quantitative estimate of drug-likeness (QED) is 0.738. The molecule has 6 heteroatoms. The predicted molar refractivity (Wildman–Crippen MR) is 46.3 cm³/mol. The highest BCUT2D eigenvalue weighted by Gasteiger charge is 2.33. The Morgan fingerprint density at radius 1 is 1.36 bits per heavy atom. The van der Waals surface area contributed by atoms with Gasteiger partial charge in [-0.1, -0.05) is 0 Å². The fourth-order valence-corrected chi connectivity index (χ4v) is 1.83. The molecule has 0 aliphatic carbocycles. The van der Waals surface area contributed by atoms with Crippen LogP contribution < -0.4 is 0 Å². The molecule has 0 aliphatic rings. The number of thiophene rings is 1. The first-order chi connectivity index (χ1) is 6.48. The summed E-state index contributed by atoms with van der Waals surface area (Å²) in [5.74, 6) is -0.377. The second-order valence-electron chi connectivity index (χ2n) is 2.66. The highest BCUT2D eigenvalue weighted by Crippen LogP contribution is 2.35. The highest BCUT2D eigenvalue weighted by molar-refractivity contribution is 7.17. The molecule has 2 heterocycles. The van der Waals surface area contributed by atoms with Gasteiger partial charge in [-0.15, -0.1) is 11.3 Å². The lowest BCUT2D eigenvalue weighted by atomic mass is 10.3. The van der Waals surface area contributed by atoms with Crippen molar-refractivity contribution in [1.82, 2.24) is 4.98 Å². The van der Waals surface area contributed by atoms with Crippen molar-refractivity contribution >= 4 is 21.6 Å². The van der Waals surface area contributed by atoms with Crippen LogP contribution in [-0.2, 0) is 6.18 Å². The molecule has 2 rings (SSSR count). The van der Waals surface area contributed by atoms with Crippen LogP contribution in [0.4, 0.5) is 13.2 Å². The van der Waals surface area contributed by atoms with E-state index in [1.807, 2.05) is 0 Å². The van der Waals surface area contributed by atoms with Crippen LogP contribution in [-0.4, -0.2) is 10.1 Å². The maximum atomic E-state index is 12.2. The summed E-state index contributed by atoms with van der Waals surface area (Å²) in [7, 11) is 0. The van der Waals surface area contributed by atoms with Gasteiger partial charge in [0.1, 0.15) is 11.4 Å². The summed E-state index contributed by atoms with van der Waals surface area (Å²) in [6.45, 7) is 0. The Balaban J connectivity index is 2.70. The van der Waals surface area contributed by atoms with Crippen LogP contribution in [0.15, 0.2) is 17.5 Å². The number of alkyl halides is 3. The Kier molecular flexibility index (Phi) is 1.88. The fourth-order valence-electron chi connectivity index (χ4n) is 1.08. The maximum Gasteiger partial charge on any atom is 0.433 e. The monoisotopic (exact) mass is 219 g/mol. The number of nitrogens with zero attached hydrogens (tertiary/aromatic N) is 1. The number of aromatic hydroxyl groups is 1. The van der Waals surface area contributed by atoms with Crippen LogP contribution in [0.2, 0.25) is 0 Å². The first-order valence-corrected chi connectivity index (χ1v) is 4.51. The van der Waals surface area contributed by atoms with E-state index in [0.29, 0.717) is 10.8 Å². The standard InChI is InChI=1S/C8H4F3NOS/c9-8(10,11)6-3-5(13)7-4(12-6)1-2-14-7/h1-3H,(H,12,13). The number of rotatable bonds is 0. The van der Waals surface area contributed by atoms with E-state index < -0.39 is 11.9 Å². The van der Waals surface area contributed by atoms with Crippen molar-refractivity contribution in [1.29, 1.82) is 0 Å². The van der Waals surface area contributed by atoms with E-state index in [4.69, 9.17) is 0 Å². The lowest BCUT2D eigenvalue weighted by Crippen LogP contribution is -2.07. The van der Waals surface area contributed by atoms with Crippen molar-refractivity contribution in [2.75, 3.05) is 0 Å². The third-order valence-corrected chi connectivity index (χ3v) is 2.61. The second kappa shape index (κ2) is 2.84. The van der Waals surface area contributed by atoms with Crippen molar-refractivity contribution in [3.05, 3.63) is 23.2 Å². The SMILES string of the molecule is Oc1cc(C(F)(F)F)nc2ccsc12. The molecule has 74 valence electrons. The topological polar surface area (TPSA) is 33.1 Å². The van der Waals surface area contributed by atoms with Gasteiger partial charge >= 0.3 is 6.18 Å². The number of hydrogen-bond acceptors (Lipinski definition) is 3. The molecule has 0 atom stereocenters. The zero-order valence-electron chi connectivity index (χ0n) is 6.67. The minimum absolute atomic E-state index is 0.169. The fraction of sp³-hybridized carbons (Fsp3) is 0.125. The van der Waals surface area contributed by atoms with E-state index in [1.165, 1.54) is 6.07 Å². The Hall–Kier alpha value is -1.30. The number of pyridine rings is 1. The molecule has 2 nitrogen and oxygen atoms in total. The zero-order chi connectivity index (χ0) is 10.3. The maximum absolute atomic E-state index is 12.2. The molecule has 0 saturated carbocycles. The molecule has 0 bridgehead atoms. The van der Waals surface area contributed by atoms with Crippen LogP contribution in [0, 0.1) is 0 Å². The first kappa shape index (κ1) is 9.26. The van der Waals surface area contributed by atoms with Gasteiger partial charge in [0, 0.05) is 6.07 Å². The van der Waals surface area contributed by atoms with Crippen LogP contribution in [0.25, 0.3) is 10.2 Å². The highest BCUT2D eigenvalue weighted by atomic mass is 32.1. The second-order valence-corrected chi connectivity index (χ2v) is 3.58. The summed E-state index contributed by atoms with van der Waals surface area (Å²) in [4.78, 5) is 3.39. The predicted octanol–water partition coefficient (Wildman–Crippen LogP) is 3.02. The first-order valence-electron chi connectivity index (χ1n) is 3.63. The Morgan fingerprint density at radius 3 is 2.71 bits per heavy atom. The van der Waals surface area contributed by atoms with E-state index in [2.05, 4.69) is 4.98 Å². The van der Waals surface area contributed by atoms with E-state index >= 15 is 0 Å². The molecular formula is C8H4F3NOS. The Labute approximate surface area is 80.6 Å². The average Bonchev–Trinajstić information content (AvgIpc) is 2.50. The number of aromatic nitrogens is 1. The molecule has 0 fully saturated rings. The van der Waals surface area contributed by atoms with Crippen molar-refractivity contribution in [2.45, 2.75) is 6.18 Å². The van der Waals surface area contributed by atoms with Gasteiger partial charge in [0.25, 0.3) is 0 Å². The van der Waals surface area contributed by atoms with Crippen molar-refractivity contribution in [2.24, 2.45) is 0 Å². The van der Waals surface area contributed by atoms with E-state index in [9.17, 15) is 18.3 Å². The largest absolute Gasteiger partial charge is 0.506 e. The van der Waals surface area contributed by atoms with Crippen molar-refractivity contribution in [3.8, 4) is 5.75 Å². The van der Waals surface area contributed by atoms with Gasteiger partial charge in [-0.3, -0.25) is 0 Å². The summed E-state index contributed by atoms with van der Waals surface area (Å²) in [6.07, 6.45) is -4.52. The molecule has 0 spiro atoms. The molecule has 14 heavy (non-hydrogen) atoms. The van der Waals surface area contributed by atoms with Gasteiger partial charge in [-0.2, -0.15) is 13.2 Å². The minimum Gasteiger partial charge on any atom is -0.506 e. The van der Waals surface area contributed by atoms with Crippen LogP contribution >= 0.6 is 11.3 Å². The van der Waals surface area contributed by atoms with Gasteiger partial charge in [0.15, 0.2) is 0 Å². The molecule has 0 radical (unpaired) electrons. The number of halogens is 3. The molecule has 2 aromatic rings. The third-order valence-electron chi connectivity index (χ3n) is 1.68. The minimum atomic E-state index is -4.52. The summed E-state index contributed by atoms with van der Waals surface area (Å²) in [5, 5.41) is 10.9. The Bertz CT molecular complexity index is 477. The lowest BCUT2D eigenvalue weighted by Gasteiger charge is -2.05. The van der Waals surface area contributed by atoms with Gasteiger partial charge in [0.05, 0.1) is 10.2 Å². The summed E-state index contributed by atoms with van der Waals surface area (Å²) < 4.78 is 37.1. The molecular weight excluding hydrogens is 215 g/mol. The normalized spacial score (nSPS) is 12.2. The molecule has 0 saturated heterocycles. The summed E-state index contributed by atoms with van der Waals surface area (Å²) in [5.41, 5.74) is -0.900. The van der Waals surface area contributed by atoms with Crippen molar-refractivity contribution < 1.29 is 18.3 Å². The van der Waals surface area contributed by atoms with Crippen LogP contribution in [0.1, 0.15) is 5.69 Å². The van der Waals surface area contributed by atoms with Gasteiger partial charge in [-0.05, 0) is 11.4 Å². The lowest BCUT2D eigenvalue weighted by molar-refractivity contribution is -0.141. The zero-order valence-corrected chi connectivity index (χ0v) is 7.49. The molecule has 2 aromatic heterocycles. The molecule has 0 amide bonds. The van der Waals surface area contributed by atoms with Gasteiger partial charge < -0.3 is 5.11 Å². The molecule has 0 aromatic carbocycles. The molecule has 1 N–H and O–H groups in total. The van der Waals surface area contributed by atoms with Crippen molar-refractivity contribution in [3.63, 3.8) is 0 Å². The molecule has 0 aliphatic heterocycles. The van der Waals surface area contributed by atoms with Crippen LogP contribution in [0.3, 0.4) is 0 Å². The van der Waals surface area contributed by atoms with E-state index in [0.717, 1.165) is 11.3 Å². The van der Waals surface area contributed by atoms with Crippen LogP contribution in [0.5, 0.6) is 5.75 Å². The molecule has 0 unspecified atom stereocenters. The van der Waals surface area contributed by atoms with E-state index in [1.54, 1.807) is 5.38 Å². The van der Waals surface area contributed by atoms with Gasteiger partial charge in [-0.25, -0.2) is 4.98 Å². The number of fused-ring (bicyclic) bond motifs is 1. The van der Waals surface area contributed by atoms with Gasteiger partial charge in [0.2, 0.25) is 0 Å². The number of hydrogen-bond donors (Lipinski definition) is 1. The smallest absolute Gasteiger partial charge is 0.433 e. The summed E-state index contributed by atoms with van der Waals surface area (Å²) in [6, 6.07) is 2.08. The third kappa shape index (κ3) is 1.41. The average molecular weight is 219 g/mol. The Morgan fingerprint density at radius 2 is 2.07 bits per heavy atom. The summed E-state index contributed by atoms with van der Waals surface area (Å²) >= 11 is 1.15. The van der Waals surface area contributed by atoms with E-state index in [-0.39, 0.29) is 11.3 Å².